The molecule has 16 heavy (non-hydrogen) atoms. The normalized spacial score (nSPS) is 9.50. The van der Waals surface area contributed by atoms with Gasteiger partial charge in [-0.05, 0) is 13.0 Å². The number of nitrogens with two attached hydrogens (primary N) is 1. The van der Waals surface area contributed by atoms with Crippen LogP contribution in [0.2, 0.25) is 0 Å². The Morgan fingerprint density at radius 1 is 1.69 bits per heavy atom. The number of hydrogen-bond donors (Lipinski definition) is 1. The predicted octanol–water partition coefficient (Wildman–Crippen LogP) is 0.589. The van der Waals surface area contributed by atoms with Crippen LogP contribution in [0.1, 0.15) is 12.0 Å². The van der Waals surface area contributed by atoms with E-state index < -0.39 is 4.92 Å². The summed E-state index contributed by atoms with van der Waals surface area (Å²) in [6.45, 7) is 0.695. The Morgan fingerprint density at radius 2 is 2.44 bits per heavy atom. The van der Waals surface area contributed by atoms with E-state index in [1.807, 2.05) is 0 Å². The lowest BCUT2D eigenvalue weighted by atomic mass is 10.3. The standard InChI is InChI=1S/C9H10N4O3/c10-2-1-3-16-9-8(13(14)15)4-7(5-11)6-12-9/h4,6H,1-3,10H2. The zero-order chi connectivity index (χ0) is 12.0. The van der Waals surface area contributed by atoms with E-state index in [9.17, 15) is 10.1 Å². The van der Waals surface area contributed by atoms with Crippen molar-refractivity contribution in [1.82, 2.24) is 4.98 Å². The maximum atomic E-state index is 10.7. The van der Waals surface area contributed by atoms with Crippen LogP contribution in [0.5, 0.6) is 5.88 Å². The van der Waals surface area contributed by atoms with E-state index in [0.717, 1.165) is 6.07 Å². The monoisotopic (exact) mass is 222 g/mol. The molecule has 0 aliphatic heterocycles. The molecule has 84 valence electrons. The summed E-state index contributed by atoms with van der Waals surface area (Å²) >= 11 is 0. The van der Waals surface area contributed by atoms with E-state index >= 15 is 0 Å². The summed E-state index contributed by atoms with van der Waals surface area (Å²) in [6.07, 6.45) is 1.81. The molecule has 7 nitrogen and oxygen atoms in total. The van der Waals surface area contributed by atoms with Gasteiger partial charge in [0.05, 0.1) is 17.1 Å². The highest BCUT2D eigenvalue weighted by molar-refractivity contribution is 5.46. The van der Waals surface area contributed by atoms with Crippen molar-refractivity contribution in [3.05, 3.63) is 27.9 Å². The van der Waals surface area contributed by atoms with Gasteiger partial charge in [0.2, 0.25) is 0 Å². The Labute approximate surface area is 91.6 Å². The molecule has 2 N–H and O–H groups in total. The van der Waals surface area contributed by atoms with Gasteiger partial charge in [0.15, 0.2) is 0 Å². The maximum absolute atomic E-state index is 10.7. The lowest BCUT2D eigenvalue weighted by Crippen LogP contribution is -2.08. The van der Waals surface area contributed by atoms with Crippen molar-refractivity contribution < 1.29 is 9.66 Å². The molecule has 7 heteroatoms. The first kappa shape index (κ1) is 11.9. The summed E-state index contributed by atoms with van der Waals surface area (Å²) in [5.74, 6) is -0.0857. The quantitative estimate of drug-likeness (QED) is 0.442. The molecule has 0 saturated heterocycles. The molecule has 1 rings (SSSR count). The van der Waals surface area contributed by atoms with Gasteiger partial charge in [-0.25, -0.2) is 4.98 Å². The summed E-state index contributed by atoms with van der Waals surface area (Å²) in [5.41, 5.74) is 5.07. The van der Waals surface area contributed by atoms with E-state index in [0.29, 0.717) is 13.0 Å². The first-order valence-electron chi connectivity index (χ1n) is 4.56. The van der Waals surface area contributed by atoms with Crippen LogP contribution in [0.3, 0.4) is 0 Å². The van der Waals surface area contributed by atoms with Gasteiger partial charge in [-0.2, -0.15) is 5.26 Å². The van der Waals surface area contributed by atoms with Gasteiger partial charge in [-0.1, -0.05) is 0 Å². The van der Waals surface area contributed by atoms with Crippen molar-refractivity contribution >= 4 is 5.69 Å². The second kappa shape index (κ2) is 5.63. The number of ether oxygens (including phenoxy) is 1. The fraction of sp³-hybridized carbons (Fsp3) is 0.333. The molecule has 0 fully saturated rings. The van der Waals surface area contributed by atoms with Gasteiger partial charge in [0.25, 0.3) is 5.88 Å². The Kier molecular flexibility index (Phi) is 4.17. The average Bonchev–Trinajstić information content (AvgIpc) is 2.29. The number of nitro groups is 1. The first-order valence-corrected chi connectivity index (χ1v) is 4.56. The first-order chi connectivity index (χ1) is 7.69. The number of nitrogens with zero attached hydrogens (tertiary/aromatic N) is 3. The highest BCUT2D eigenvalue weighted by Gasteiger charge is 2.17. The van der Waals surface area contributed by atoms with Crippen LogP contribution in [-0.4, -0.2) is 23.1 Å². The highest BCUT2D eigenvalue weighted by atomic mass is 16.6. The molecule has 0 aromatic carbocycles. The minimum absolute atomic E-state index is 0.0857. The lowest BCUT2D eigenvalue weighted by molar-refractivity contribution is -0.386. The second-order valence-electron chi connectivity index (χ2n) is 2.91. The van der Waals surface area contributed by atoms with Crippen LogP contribution >= 0.6 is 0 Å². The molecular weight excluding hydrogens is 212 g/mol. The molecule has 0 aliphatic carbocycles. The Hall–Kier alpha value is -2.20. The van der Waals surface area contributed by atoms with Crippen LogP contribution in [0.25, 0.3) is 0 Å². The maximum Gasteiger partial charge on any atom is 0.332 e. The molecular formula is C9H10N4O3. The summed E-state index contributed by atoms with van der Waals surface area (Å²) < 4.78 is 5.10. The molecule has 0 saturated carbocycles. The van der Waals surface area contributed by atoms with Crippen molar-refractivity contribution in [2.24, 2.45) is 5.73 Å². The van der Waals surface area contributed by atoms with Gasteiger partial charge in [0, 0.05) is 12.3 Å². The largest absolute Gasteiger partial charge is 0.473 e. The Balaban J connectivity index is 2.91. The second-order valence-corrected chi connectivity index (χ2v) is 2.91. The molecule has 0 amide bonds. The highest BCUT2D eigenvalue weighted by Crippen LogP contribution is 2.24. The summed E-state index contributed by atoms with van der Waals surface area (Å²) in [5, 5.41) is 19.3. The average molecular weight is 222 g/mol. The van der Waals surface area contributed by atoms with Crippen LogP contribution in [-0.2, 0) is 0 Å². The molecule has 0 spiro atoms. The van der Waals surface area contributed by atoms with E-state index in [1.165, 1.54) is 6.20 Å². The van der Waals surface area contributed by atoms with Crippen LogP contribution in [0.15, 0.2) is 12.3 Å². The van der Waals surface area contributed by atoms with Crippen molar-refractivity contribution in [3.63, 3.8) is 0 Å². The van der Waals surface area contributed by atoms with Gasteiger partial charge in [0.1, 0.15) is 6.07 Å². The molecule has 1 heterocycles. The van der Waals surface area contributed by atoms with Crippen LogP contribution in [0, 0.1) is 21.4 Å². The third-order valence-electron chi connectivity index (χ3n) is 1.75. The number of rotatable bonds is 5. The molecule has 0 atom stereocenters. The van der Waals surface area contributed by atoms with Crippen molar-refractivity contribution in [1.29, 1.82) is 5.26 Å². The molecule has 1 aromatic heterocycles. The molecule has 0 radical (unpaired) electrons. The summed E-state index contributed by atoms with van der Waals surface area (Å²) in [4.78, 5) is 13.8. The smallest absolute Gasteiger partial charge is 0.332 e. The van der Waals surface area contributed by atoms with Crippen molar-refractivity contribution in [3.8, 4) is 11.9 Å². The third-order valence-corrected chi connectivity index (χ3v) is 1.75. The molecule has 0 unspecified atom stereocenters. The van der Waals surface area contributed by atoms with E-state index in [2.05, 4.69) is 4.98 Å². The summed E-state index contributed by atoms with van der Waals surface area (Å²) in [7, 11) is 0. The molecule has 0 aliphatic rings. The van der Waals surface area contributed by atoms with E-state index in [-0.39, 0.29) is 23.7 Å². The lowest BCUT2D eigenvalue weighted by Gasteiger charge is -2.04. The number of nitriles is 1. The van der Waals surface area contributed by atoms with Gasteiger partial charge < -0.3 is 10.5 Å². The zero-order valence-corrected chi connectivity index (χ0v) is 8.42. The topological polar surface area (TPSA) is 115 Å². The SMILES string of the molecule is N#Cc1cnc(OCCCN)c([N+](=O)[O-])c1. The van der Waals surface area contributed by atoms with E-state index in [1.54, 1.807) is 6.07 Å². The molecule has 0 bridgehead atoms. The van der Waals surface area contributed by atoms with Crippen LogP contribution in [0.4, 0.5) is 5.69 Å². The fourth-order valence-corrected chi connectivity index (χ4v) is 0.996. The van der Waals surface area contributed by atoms with Crippen molar-refractivity contribution in [2.75, 3.05) is 13.2 Å². The fourth-order valence-electron chi connectivity index (χ4n) is 0.996. The number of pyridine rings is 1. The van der Waals surface area contributed by atoms with Gasteiger partial charge in [-0.15, -0.1) is 0 Å². The Bertz CT molecular complexity index is 427. The zero-order valence-electron chi connectivity index (χ0n) is 8.42. The third kappa shape index (κ3) is 2.90. The van der Waals surface area contributed by atoms with Gasteiger partial charge in [-0.3, -0.25) is 10.1 Å². The van der Waals surface area contributed by atoms with Crippen molar-refractivity contribution in [2.45, 2.75) is 6.42 Å². The minimum Gasteiger partial charge on any atom is -0.473 e. The number of hydrogen-bond acceptors (Lipinski definition) is 6. The summed E-state index contributed by atoms with van der Waals surface area (Å²) in [6, 6.07) is 2.90. The van der Waals surface area contributed by atoms with E-state index in [4.69, 9.17) is 15.7 Å². The Morgan fingerprint density at radius 3 is 3.00 bits per heavy atom. The van der Waals surface area contributed by atoms with Crippen LogP contribution < -0.4 is 10.5 Å². The molecule has 1 aromatic rings. The van der Waals surface area contributed by atoms with Gasteiger partial charge >= 0.3 is 5.69 Å². The number of aromatic nitrogens is 1. The minimum atomic E-state index is -0.633. The predicted molar refractivity (Wildman–Crippen MR) is 54.8 cm³/mol.